The van der Waals surface area contributed by atoms with Crippen LogP contribution in [0, 0.1) is 11.6 Å². The second-order valence-electron chi connectivity index (χ2n) is 7.21. The zero-order valence-electron chi connectivity index (χ0n) is 16.2. The molecular weight excluding hydrogens is 370 g/mol. The largest absolute Gasteiger partial charge is 0.368 e. The van der Waals surface area contributed by atoms with Gasteiger partial charge in [-0.1, -0.05) is 12.1 Å². The van der Waals surface area contributed by atoms with E-state index in [-0.39, 0.29) is 11.6 Å². The summed E-state index contributed by atoms with van der Waals surface area (Å²) in [7, 11) is 0. The van der Waals surface area contributed by atoms with Crippen LogP contribution in [0.25, 0.3) is 0 Å². The van der Waals surface area contributed by atoms with Gasteiger partial charge in [-0.25, -0.2) is 13.8 Å². The molecule has 0 unspecified atom stereocenters. The van der Waals surface area contributed by atoms with Gasteiger partial charge in [0, 0.05) is 51.2 Å². The number of halogens is 2. The average molecular weight is 394 g/mol. The Hall–Kier alpha value is -2.99. The van der Waals surface area contributed by atoms with E-state index in [1.807, 2.05) is 30.5 Å². The molecule has 0 saturated carbocycles. The first-order chi connectivity index (χ1) is 14.2. The number of anilines is 2. The van der Waals surface area contributed by atoms with Crippen LogP contribution in [0.2, 0.25) is 0 Å². The molecule has 2 heterocycles. The molecule has 4 nitrogen and oxygen atoms in total. The van der Waals surface area contributed by atoms with Crippen molar-refractivity contribution in [3.8, 4) is 0 Å². The average Bonchev–Trinajstić information content (AvgIpc) is 2.75. The van der Waals surface area contributed by atoms with Gasteiger partial charge in [-0.3, -0.25) is 0 Å². The Labute approximate surface area is 169 Å². The third-order valence-electron chi connectivity index (χ3n) is 5.15. The van der Waals surface area contributed by atoms with Crippen molar-refractivity contribution < 1.29 is 8.78 Å². The Morgan fingerprint density at radius 2 is 1.45 bits per heavy atom. The molecule has 1 aliphatic heterocycles. The lowest BCUT2D eigenvalue weighted by Gasteiger charge is -2.36. The van der Waals surface area contributed by atoms with E-state index in [2.05, 4.69) is 26.2 Å². The molecule has 29 heavy (non-hydrogen) atoms. The number of benzene rings is 2. The van der Waals surface area contributed by atoms with E-state index in [4.69, 9.17) is 0 Å². The number of nitrogens with zero attached hydrogens (tertiary/aromatic N) is 3. The maximum atomic E-state index is 13.3. The van der Waals surface area contributed by atoms with Crippen molar-refractivity contribution in [2.45, 2.75) is 13.1 Å². The van der Waals surface area contributed by atoms with Gasteiger partial charge in [-0.15, -0.1) is 0 Å². The molecule has 1 fully saturated rings. The first-order valence-electron chi connectivity index (χ1n) is 9.83. The van der Waals surface area contributed by atoms with Crippen LogP contribution >= 0.6 is 0 Å². The molecule has 0 radical (unpaired) electrons. The van der Waals surface area contributed by atoms with Gasteiger partial charge < -0.3 is 15.1 Å². The summed E-state index contributed by atoms with van der Waals surface area (Å²) in [6, 6.07) is 17.4. The monoisotopic (exact) mass is 394 g/mol. The highest BCUT2D eigenvalue weighted by Crippen LogP contribution is 2.20. The smallest absolute Gasteiger partial charge is 0.128 e. The first kappa shape index (κ1) is 19.3. The summed E-state index contributed by atoms with van der Waals surface area (Å²) < 4.78 is 26.4. The predicted molar refractivity (Wildman–Crippen MR) is 112 cm³/mol. The van der Waals surface area contributed by atoms with Crippen molar-refractivity contribution in [3.05, 3.63) is 89.6 Å². The molecule has 6 heteroatoms. The number of nitrogens with one attached hydrogen (secondary N) is 1. The molecule has 3 aromatic rings. The topological polar surface area (TPSA) is 31.4 Å². The van der Waals surface area contributed by atoms with Crippen molar-refractivity contribution in [2.24, 2.45) is 0 Å². The molecule has 1 aliphatic rings. The number of rotatable bonds is 6. The summed E-state index contributed by atoms with van der Waals surface area (Å²) in [6.45, 7) is 4.78. The van der Waals surface area contributed by atoms with Gasteiger partial charge in [0.05, 0.1) is 0 Å². The third-order valence-corrected chi connectivity index (χ3v) is 5.15. The lowest BCUT2D eigenvalue weighted by molar-refractivity contribution is 0.620. The van der Waals surface area contributed by atoms with Crippen LogP contribution in [0.1, 0.15) is 11.1 Å². The maximum Gasteiger partial charge on any atom is 0.128 e. The number of hydrogen-bond donors (Lipinski definition) is 1. The highest BCUT2D eigenvalue weighted by atomic mass is 19.1. The standard InChI is InChI=1S/C23H24F2N4/c24-20-4-6-22(7-5-20)28-10-12-29(13-11-28)23-15-19(8-9-27-23)17-26-16-18-2-1-3-21(25)14-18/h1-9,14-15,26H,10-13,16-17H2. The third kappa shape index (κ3) is 5.09. The highest BCUT2D eigenvalue weighted by molar-refractivity contribution is 5.49. The summed E-state index contributed by atoms with van der Waals surface area (Å²) >= 11 is 0. The van der Waals surface area contributed by atoms with Crippen LogP contribution in [-0.4, -0.2) is 31.2 Å². The van der Waals surface area contributed by atoms with Crippen LogP contribution in [-0.2, 0) is 13.1 Å². The minimum Gasteiger partial charge on any atom is -0.368 e. The molecule has 0 spiro atoms. The second kappa shape index (κ2) is 9.01. The maximum absolute atomic E-state index is 13.3. The Morgan fingerprint density at radius 1 is 0.759 bits per heavy atom. The molecule has 0 atom stereocenters. The number of piperazine rings is 1. The van der Waals surface area contributed by atoms with Gasteiger partial charge in [0.15, 0.2) is 0 Å². The van der Waals surface area contributed by atoms with Gasteiger partial charge in [-0.05, 0) is 59.7 Å². The Bertz CT molecular complexity index is 938. The van der Waals surface area contributed by atoms with E-state index in [9.17, 15) is 8.78 Å². The zero-order valence-corrected chi connectivity index (χ0v) is 16.2. The van der Waals surface area contributed by atoms with E-state index in [0.717, 1.165) is 48.8 Å². The summed E-state index contributed by atoms with van der Waals surface area (Å²) in [5, 5.41) is 3.36. The molecule has 0 aliphatic carbocycles. The fourth-order valence-electron chi connectivity index (χ4n) is 3.59. The van der Waals surface area contributed by atoms with Gasteiger partial charge in [0.1, 0.15) is 17.5 Å². The van der Waals surface area contributed by atoms with Crippen LogP contribution in [0.5, 0.6) is 0 Å². The minimum atomic E-state index is -0.213. The molecule has 150 valence electrons. The van der Waals surface area contributed by atoms with E-state index in [1.165, 1.54) is 18.2 Å². The van der Waals surface area contributed by atoms with Crippen LogP contribution < -0.4 is 15.1 Å². The van der Waals surface area contributed by atoms with Gasteiger partial charge in [0.2, 0.25) is 0 Å². The Balaban J connectivity index is 1.31. The summed E-state index contributed by atoms with van der Waals surface area (Å²) in [6.07, 6.45) is 1.83. The Kier molecular flexibility index (Phi) is 6.00. The number of hydrogen-bond acceptors (Lipinski definition) is 4. The number of aromatic nitrogens is 1. The van der Waals surface area contributed by atoms with Crippen molar-refractivity contribution in [3.63, 3.8) is 0 Å². The highest BCUT2D eigenvalue weighted by Gasteiger charge is 2.18. The van der Waals surface area contributed by atoms with E-state index in [0.29, 0.717) is 13.1 Å². The summed E-state index contributed by atoms with van der Waals surface area (Å²) in [4.78, 5) is 9.07. The predicted octanol–water partition coefficient (Wildman–Crippen LogP) is 3.98. The van der Waals surface area contributed by atoms with E-state index >= 15 is 0 Å². The molecule has 4 rings (SSSR count). The van der Waals surface area contributed by atoms with Crippen molar-refractivity contribution in [1.29, 1.82) is 0 Å². The molecule has 1 saturated heterocycles. The van der Waals surface area contributed by atoms with E-state index in [1.54, 1.807) is 12.1 Å². The normalized spacial score (nSPS) is 14.3. The number of pyridine rings is 1. The Morgan fingerprint density at radius 3 is 2.17 bits per heavy atom. The van der Waals surface area contributed by atoms with Crippen LogP contribution in [0.15, 0.2) is 66.9 Å². The van der Waals surface area contributed by atoms with Gasteiger partial charge in [0.25, 0.3) is 0 Å². The van der Waals surface area contributed by atoms with Crippen LogP contribution in [0.3, 0.4) is 0 Å². The second-order valence-corrected chi connectivity index (χ2v) is 7.21. The molecular formula is C23H24F2N4. The lowest BCUT2D eigenvalue weighted by atomic mass is 10.2. The molecule has 2 aromatic carbocycles. The molecule has 1 N–H and O–H groups in total. The summed E-state index contributed by atoms with van der Waals surface area (Å²) in [5.74, 6) is 0.545. The van der Waals surface area contributed by atoms with Gasteiger partial charge >= 0.3 is 0 Å². The zero-order chi connectivity index (χ0) is 20.1. The lowest BCUT2D eigenvalue weighted by Crippen LogP contribution is -2.46. The van der Waals surface area contributed by atoms with Gasteiger partial charge in [-0.2, -0.15) is 0 Å². The van der Waals surface area contributed by atoms with Crippen molar-refractivity contribution >= 4 is 11.5 Å². The first-order valence-corrected chi connectivity index (χ1v) is 9.83. The van der Waals surface area contributed by atoms with Crippen molar-refractivity contribution in [2.75, 3.05) is 36.0 Å². The minimum absolute atomic E-state index is 0.209. The SMILES string of the molecule is Fc1ccc(N2CCN(c3cc(CNCc4cccc(F)c4)ccn3)CC2)cc1. The fourth-order valence-corrected chi connectivity index (χ4v) is 3.59. The molecule has 0 amide bonds. The molecule has 1 aromatic heterocycles. The van der Waals surface area contributed by atoms with Crippen molar-refractivity contribution in [1.82, 2.24) is 10.3 Å². The van der Waals surface area contributed by atoms with Crippen LogP contribution in [0.4, 0.5) is 20.3 Å². The fraction of sp³-hybridized carbons (Fsp3) is 0.261. The summed E-state index contributed by atoms with van der Waals surface area (Å²) in [5.41, 5.74) is 3.12. The van der Waals surface area contributed by atoms with E-state index < -0.39 is 0 Å². The molecule has 0 bridgehead atoms. The quantitative estimate of drug-likeness (QED) is 0.685.